The number of carbonyl (C=O) groups excluding carboxylic acids is 1. The Labute approximate surface area is 304 Å². The lowest BCUT2D eigenvalue weighted by molar-refractivity contribution is -0.146. The third-order valence-electron chi connectivity index (χ3n) is 9.15. The molecule has 10 nitrogen and oxygen atoms in total. The van der Waals surface area contributed by atoms with Gasteiger partial charge in [0, 0.05) is 39.7 Å². The van der Waals surface area contributed by atoms with Crippen molar-refractivity contribution in [3.8, 4) is 28.3 Å². The molecule has 0 spiro atoms. The number of pyridine rings is 1. The Bertz CT molecular complexity index is 2200. The standard InChI is InChI=1S/C38H38ClF2N7O3/c1-6-22-17-29-33(43-18-22)35(47-36(45-29)34(40)41)44-28-12-8-9-25(21(28)2)26-10-7-11-27(32(26)39)30-19-42-31(37(46-30)50-4)20-48(3)24-15-13-23(14-16-24)38(49)51-5/h6-12,17-19,23-24,34H,1,13-16,20H2,2-5H3,(H,44,45,47)/i3D3. The summed E-state index contributed by atoms with van der Waals surface area (Å²) in [5, 5.41) is 3.56. The quantitative estimate of drug-likeness (QED) is 0.133. The highest BCUT2D eigenvalue weighted by Gasteiger charge is 2.29. The average Bonchev–Trinajstić information content (AvgIpc) is 3.17. The largest absolute Gasteiger partial charge is 0.480 e. The Morgan fingerprint density at radius 3 is 2.53 bits per heavy atom. The van der Waals surface area contributed by atoms with E-state index >= 15 is 0 Å². The van der Waals surface area contributed by atoms with E-state index in [0.29, 0.717) is 70.0 Å². The lowest BCUT2D eigenvalue weighted by atomic mass is 9.85. The molecule has 0 unspecified atom stereocenters. The predicted molar refractivity (Wildman–Crippen MR) is 194 cm³/mol. The lowest BCUT2D eigenvalue weighted by Gasteiger charge is -2.33. The molecule has 264 valence electrons. The molecule has 1 saturated carbocycles. The SMILES string of the molecule is [2H]C([2H])([2H])N(Cc1ncc(-c2cccc(-c3cccc(Nc4nc(C(F)F)nc5cc(C=C)cnc45)c3C)c2Cl)nc1OC)C1CCC(C(=O)OC)CC1. The van der Waals surface area contributed by atoms with Crippen LogP contribution in [0.3, 0.4) is 0 Å². The van der Waals surface area contributed by atoms with Gasteiger partial charge >= 0.3 is 5.97 Å². The fourth-order valence-electron chi connectivity index (χ4n) is 6.36. The zero-order chi connectivity index (χ0) is 38.7. The van der Waals surface area contributed by atoms with Gasteiger partial charge in [-0.2, -0.15) is 0 Å². The molecule has 1 N–H and O–H groups in total. The number of hydrogen-bond donors (Lipinski definition) is 1. The third kappa shape index (κ3) is 7.52. The molecular formula is C38H38ClF2N7O3. The van der Waals surface area contributed by atoms with Crippen molar-refractivity contribution in [1.82, 2.24) is 29.8 Å². The van der Waals surface area contributed by atoms with Crippen LogP contribution in [0.1, 0.15) is 58.9 Å². The number of benzene rings is 2. The van der Waals surface area contributed by atoms with E-state index < -0.39 is 19.2 Å². The smallest absolute Gasteiger partial charge is 0.308 e. The number of halogens is 3. The lowest BCUT2D eigenvalue weighted by Crippen LogP contribution is -2.36. The van der Waals surface area contributed by atoms with Crippen molar-refractivity contribution in [2.75, 3.05) is 26.5 Å². The maximum Gasteiger partial charge on any atom is 0.308 e. The molecule has 0 radical (unpaired) electrons. The Morgan fingerprint density at radius 1 is 1.08 bits per heavy atom. The van der Waals surface area contributed by atoms with E-state index in [2.05, 4.69) is 31.8 Å². The van der Waals surface area contributed by atoms with Crippen LogP contribution in [0.2, 0.25) is 5.02 Å². The van der Waals surface area contributed by atoms with E-state index in [0.717, 1.165) is 11.1 Å². The first kappa shape index (κ1) is 31.9. The number of fused-ring (bicyclic) bond motifs is 1. The number of carbonyl (C=O) groups is 1. The minimum Gasteiger partial charge on any atom is -0.480 e. The number of hydrogen-bond acceptors (Lipinski definition) is 10. The van der Waals surface area contributed by atoms with Crippen molar-refractivity contribution in [3.63, 3.8) is 0 Å². The van der Waals surface area contributed by atoms with Crippen LogP contribution in [0.15, 0.2) is 61.4 Å². The summed E-state index contributed by atoms with van der Waals surface area (Å²) in [6.07, 6.45) is 3.86. The molecule has 13 heteroatoms. The number of esters is 1. The summed E-state index contributed by atoms with van der Waals surface area (Å²) >= 11 is 7.08. The molecule has 0 aliphatic heterocycles. The van der Waals surface area contributed by atoms with Crippen LogP contribution in [0.5, 0.6) is 5.88 Å². The number of alkyl halides is 2. The minimum atomic E-state index is -2.90. The highest BCUT2D eigenvalue weighted by molar-refractivity contribution is 6.36. The monoisotopic (exact) mass is 716 g/mol. The van der Waals surface area contributed by atoms with Crippen LogP contribution in [0.4, 0.5) is 20.3 Å². The van der Waals surface area contributed by atoms with Gasteiger partial charge in [0.25, 0.3) is 6.43 Å². The molecule has 0 bridgehead atoms. The molecule has 51 heavy (non-hydrogen) atoms. The molecule has 3 aromatic heterocycles. The average molecular weight is 717 g/mol. The first-order valence-corrected chi connectivity index (χ1v) is 16.7. The van der Waals surface area contributed by atoms with Crippen LogP contribution < -0.4 is 10.1 Å². The van der Waals surface area contributed by atoms with Gasteiger partial charge in [0.2, 0.25) is 5.88 Å². The zero-order valence-corrected chi connectivity index (χ0v) is 29.0. The number of anilines is 2. The van der Waals surface area contributed by atoms with Gasteiger partial charge in [-0.15, -0.1) is 0 Å². The first-order chi connectivity index (χ1) is 25.8. The van der Waals surface area contributed by atoms with Crippen molar-refractivity contribution in [2.45, 2.75) is 51.6 Å². The van der Waals surface area contributed by atoms with Gasteiger partial charge in [0.15, 0.2) is 11.6 Å². The predicted octanol–water partition coefficient (Wildman–Crippen LogP) is 8.61. The fourth-order valence-corrected chi connectivity index (χ4v) is 6.68. The molecule has 0 amide bonds. The molecule has 1 aliphatic rings. The third-order valence-corrected chi connectivity index (χ3v) is 9.56. The summed E-state index contributed by atoms with van der Waals surface area (Å²) < 4.78 is 62.9. The van der Waals surface area contributed by atoms with E-state index in [1.807, 2.05) is 31.2 Å². The second kappa shape index (κ2) is 15.4. The maximum atomic E-state index is 13.8. The number of nitrogens with zero attached hydrogens (tertiary/aromatic N) is 6. The normalized spacial score (nSPS) is 17.1. The van der Waals surface area contributed by atoms with E-state index in [1.54, 1.807) is 30.5 Å². The molecule has 2 aromatic carbocycles. The van der Waals surface area contributed by atoms with Crippen LogP contribution in [-0.4, -0.2) is 63.0 Å². The van der Waals surface area contributed by atoms with Crippen molar-refractivity contribution >= 4 is 46.2 Å². The minimum absolute atomic E-state index is 0.0430. The first-order valence-electron chi connectivity index (χ1n) is 17.8. The van der Waals surface area contributed by atoms with Crippen LogP contribution in [-0.2, 0) is 16.1 Å². The van der Waals surface area contributed by atoms with Crippen LogP contribution in [0.25, 0.3) is 39.5 Å². The fraction of sp³-hybridized carbons (Fsp3) is 0.316. The van der Waals surface area contributed by atoms with Gasteiger partial charge in [0.1, 0.15) is 11.2 Å². The number of nitrogens with one attached hydrogen (secondary N) is 1. The number of methoxy groups -OCH3 is 2. The Kier molecular flexibility index (Phi) is 9.65. The van der Waals surface area contributed by atoms with Crippen molar-refractivity contribution < 1.29 is 27.2 Å². The zero-order valence-electron chi connectivity index (χ0n) is 31.3. The molecule has 1 aliphatic carbocycles. The van der Waals surface area contributed by atoms with Crippen LogP contribution >= 0.6 is 11.6 Å². The van der Waals surface area contributed by atoms with E-state index in [9.17, 15) is 13.6 Å². The molecular weight excluding hydrogens is 676 g/mol. The molecule has 0 saturated heterocycles. The van der Waals surface area contributed by atoms with E-state index in [1.165, 1.54) is 25.3 Å². The highest BCUT2D eigenvalue weighted by Crippen LogP contribution is 2.40. The summed E-state index contributed by atoms with van der Waals surface area (Å²) in [6, 6.07) is 12.3. The summed E-state index contributed by atoms with van der Waals surface area (Å²) in [4.78, 5) is 35.3. The second-order valence-electron chi connectivity index (χ2n) is 12.2. The highest BCUT2D eigenvalue weighted by atomic mass is 35.5. The van der Waals surface area contributed by atoms with Crippen LogP contribution in [0, 0.1) is 12.8 Å². The summed E-state index contributed by atoms with van der Waals surface area (Å²) in [5.41, 5.74) is 5.29. The summed E-state index contributed by atoms with van der Waals surface area (Å²) in [5.74, 6) is -0.873. The van der Waals surface area contributed by atoms with Gasteiger partial charge in [-0.3, -0.25) is 19.7 Å². The summed E-state index contributed by atoms with van der Waals surface area (Å²) in [7, 11) is 2.80. The second-order valence-corrected chi connectivity index (χ2v) is 12.6. The van der Waals surface area contributed by atoms with Gasteiger partial charge in [-0.25, -0.2) is 23.7 Å². The Hall–Kier alpha value is -5.07. The Balaban J connectivity index is 1.29. The molecule has 6 rings (SSSR count). The molecule has 1 fully saturated rings. The summed E-state index contributed by atoms with van der Waals surface area (Å²) in [6.45, 7) is 3.12. The molecule has 5 aromatic rings. The number of ether oxygens (including phenoxy) is 2. The van der Waals surface area contributed by atoms with Crippen molar-refractivity contribution in [2.24, 2.45) is 5.92 Å². The van der Waals surface area contributed by atoms with E-state index in [4.69, 9.17) is 30.2 Å². The maximum absolute atomic E-state index is 13.8. The van der Waals surface area contributed by atoms with Crippen molar-refractivity contribution in [1.29, 1.82) is 0 Å². The Morgan fingerprint density at radius 2 is 1.82 bits per heavy atom. The van der Waals surface area contributed by atoms with Gasteiger partial charge in [-0.1, -0.05) is 54.6 Å². The molecule has 0 atom stereocenters. The van der Waals surface area contributed by atoms with Gasteiger partial charge in [0.05, 0.1) is 42.6 Å². The van der Waals surface area contributed by atoms with Crippen molar-refractivity contribution in [3.05, 3.63) is 89.1 Å². The van der Waals surface area contributed by atoms with Gasteiger partial charge < -0.3 is 14.8 Å². The molecule has 3 heterocycles. The number of aromatic nitrogens is 5. The van der Waals surface area contributed by atoms with Gasteiger partial charge in [-0.05, 0) is 68.4 Å². The van der Waals surface area contributed by atoms with E-state index in [-0.39, 0.29) is 41.7 Å². The number of rotatable bonds is 11. The topological polar surface area (TPSA) is 115 Å².